The lowest BCUT2D eigenvalue weighted by atomic mass is 10.0. The molecule has 0 aromatic heterocycles. The Bertz CT molecular complexity index is 271. The number of carbonyl (C=O) groups excluding carboxylic acids is 1. The summed E-state index contributed by atoms with van der Waals surface area (Å²) < 4.78 is 0. The third-order valence-electron chi connectivity index (χ3n) is 4.18. The standard InChI is InChI=1S/C18H32O2/c19-17-15-13-11-9-7-5-3-1-2-4-6-8-10-12-14-16-18(17)20/h1-2,17,19H,3-16H2/b2-1-. The second-order valence-electron chi connectivity index (χ2n) is 6.11. The molecule has 1 unspecified atom stereocenters. The lowest BCUT2D eigenvalue weighted by Crippen LogP contribution is -2.19. The highest BCUT2D eigenvalue weighted by Gasteiger charge is 2.13. The Kier molecular flexibility index (Phi) is 10.6. The summed E-state index contributed by atoms with van der Waals surface area (Å²) in [5.41, 5.74) is 0. The molecular formula is C18H32O2. The van der Waals surface area contributed by atoms with Crippen molar-refractivity contribution in [2.24, 2.45) is 0 Å². The Labute approximate surface area is 124 Å². The molecule has 1 aliphatic carbocycles. The third-order valence-corrected chi connectivity index (χ3v) is 4.18. The summed E-state index contributed by atoms with van der Waals surface area (Å²) in [5, 5.41) is 9.81. The molecule has 0 aromatic rings. The van der Waals surface area contributed by atoms with Crippen LogP contribution in [0.2, 0.25) is 0 Å². The molecule has 20 heavy (non-hydrogen) atoms. The predicted octanol–water partition coefficient (Wildman–Crippen LogP) is 4.95. The van der Waals surface area contributed by atoms with Crippen LogP contribution in [0.4, 0.5) is 0 Å². The molecule has 1 atom stereocenters. The Morgan fingerprint density at radius 2 is 1.25 bits per heavy atom. The van der Waals surface area contributed by atoms with Crippen LogP contribution >= 0.6 is 0 Å². The fourth-order valence-electron chi connectivity index (χ4n) is 2.79. The van der Waals surface area contributed by atoms with Crippen molar-refractivity contribution in [3.63, 3.8) is 0 Å². The van der Waals surface area contributed by atoms with E-state index in [0.717, 1.165) is 25.7 Å². The van der Waals surface area contributed by atoms with Crippen molar-refractivity contribution in [2.45, 2.75) is 96.0 Å². The predicted molar refractivity (Wildman–Crippen MR) is 84.8 cm³/mol. The van der Waals surface area contributed by atoms with Crippen molar-refractivity contribution in [2.75, 3.05) is 0 Å². The maximum absolute atomic E-state index is 11.7. The number of aliphatic hydroxyl groups excluding tert-OH is 1. The molecule has 0 aliphatic heterocycles. The first-order valence-corrected chi connectivity index (χ1v) is 8.66. The Hall–Kier alpha value is -0.630. The molecule has 0 spiro atoms. The van der Waals surface area contributed by atoms with E-state index in [1.165, 1.54) is 51.4 Å². The van der Waals surface area contributed by atoms with Crippen molar-refractivity contribution in [1.29, 1.82) is 0 Å². The number of rotatable bonds is 0. The maximum Gasteiger partial charge on any atom is 0.161 e. The van der Waals surface area contributed by atoms with E-state index in [1.54, 1.807) is 0 Å². The molecule has 0 radical (unpaired) electrons. The minimum absolute atomic E-state index is 0.0639. The maximum atomic E-state index is 11.7. The van der Waals surface area contributed by atoms with Crippen LogP contribution in [0.5, 0.6) is 0 Å². The second kappa shape index (κ2) is 12.1. The Balaban J connectivity index is 2.25. The smallest absolute Gasteiger partial charge is 0.161 e. The molecule has 116 valence electrons. The molecule has 2 nitrogen and oxygen atoms in total. The van der Waals surface area contributed by atoms with E-state index in [2.05, 4.69) is 12.2 Å². The summed E-state index contributed by atoms with van der Waals surface area (Å²) in [4.78, 5) is 11.7. The molecular weight excluding hydrogens is 248 g/mol. The molecule has 1 N–H and O–H groups in total. The normalized spacial score (nSPS) is 27.4. The lowest BCUT2D eigenvalue weighted by molar-refractivity contribution is -0.127. The van der Waals surface area contributed by atoms with Gasteiger partial charge in [0, 0.05) is 6.42 Å². The molecule has 0 fully saturated rings. The van der Waals surface area contributed by atoms with Crippen molar-refractivity contribution < 1.29 is 9.90 Å². The molecule has 1 rings (SSSR count). The molecule has 0 heterocycles. The summed E-state index contributed by atoms with van der Waals surface area (Å²) in [6.07, 6.45) is 19.4. The van der Waals surface area contributed by atoms with E-state index >= 15 is 0 Å². The van der Waals surface area contributed by atoms with E-state index in [4.69, 9.17) is 0 Å². The summed E-state index contributed by atoms with van der Waals surface area (Å²) >= 11 is 0. The number of carbonyl (C=O) groups is 1. The molecule has 0 aromatic carbocycles. The van der Waals surface area contributed by atoms with Crippen LogP contribution < -0.4 is 0 Å². The highest BCUT2D eigenvalue weighted by Crippen LogP contribution is 2.13. The van der Waals surface area contributed by atoms with Gasteiger partial charge in [-0.05, 0) is 38.5 Å². The average Bonchev–Trinajstić information content (AvgIpc) is 2.45. The van der Waals surface area contributed by atoms with Crippen LogP contribution in [-0.2, 0) is 4.79 Å². The van der Waals surface area contributed by atoms with Crippen molar-refractivity contribution >= 4 is 5.78 Å². The van der Waals surface area contributed by atoms with E-state index in [-0.39, 0.29) is 5.78 Å². The van der Waals surface area contributed by atoms with Crippen LogP contribution in [0.3, 0.4) is 0 Å². The first-order valence-electron chi connectivity index (χ1n) is 8.66. The van der Waals surface area contributed by atoms with Crippen LogP contribution in [-0.4, -0.2) is 17.0 Å². The number of Topliss-reactive ketones (excluding diaryl/α,β-unsaturated/α-hetero) is 1. The van der Waals surface area contributed by atoms with Gasteiger partial charge < -0.3 is 5.11 Å². The zero-order valence-electron chi connectivity index (χ0n) is 13.0. The third kappa shape index (κ3) is 9.30. The van der Waals surface area contributed by atoms with Gasteiger partial charge in [-0.1, -0.05) is 57.1 Å². The molecule has 2 heteroatoms. The highest BCUT2D eigenvalue weighted by atomic mass is 16.3. The van der Waals surface area contributed by atoms with E-state index in [0.29, 0.717) is 12.8 Å². The van der Waals surface area contributed by atoms with Gasteiger partial charge in [0.15, 0.2) is 5.78 Å². The van der Waals surface area contributed by atoms with Gasteiger partial charge in [0.1, 0.15) is 6.10 Å². The average molecular weight is 280 g/mol. The van der Waals surface area contributed by atoms with Gasteiger partial charge >= 0.3 is 0 Å². The Morgan fingerprint density at radius 3 is 1.90 bits per heavy atom. The van der Waals surface area contributed by atoms with Crippen molar-refractivity contribution in [3.05, 3.63) is 12.2 Å². The summed E-state index contributed by atoms with van der Waals surface area (Å²) in [7, 11) is 0. The number of hydrogen-bond donors (Lipinski definition) is 1. The monoisotopic (exact) mass is 280 g/mol. The largest absolute Gasteiger partial charge is 0.385 e. The summed E-state index contributed by atoms with van der Waals surface area (Å²) in [6, 6.07) is 0. The highest BCUT2D eigenvalue weighted by molar-refractivity contribution is 5.82. The molecule has 0 saturated heterocycles. The van der Waals surface area contributed by atoms with Crippen LogP contribution in [0.15, 0.2) is 12.2 Å². The van der Waals surface area contributed by atoms with Gasteiger partial charge in [-0.2, -0.15) is 0 Å². The topological polar surface area (TPSA) is 37.3 Å². The summed E-state index contributed by atoms with van der Waals surface area (Å²) in [5.74, 6) is 0.0639. The van der Waals surface area contributed by atoms with Crippen molar-refractivity contribution in [3.8, 4) is 0 Å². The Morgan fingerprint density at radius 1 is 0.750 bits per heavy atom. The molecule has 0 saturated carbocycles. The minimum atomic E-state index is -0.697. The molecule has 1 aliphatic rings. The number of ketones is 1. The fraction of sp³-hybridized carbons (Fsp3) is 0.833. The SMILES string of the molecule is O=C1CCCCCCC/C=C\CCCCCCCC1O. The van der Waals surface area contributed by atoms with E-state index in [9.17, 15) is 9.90 Å². The van der Waals surface area contributed by atoms with Gasteiger partial charge in [-0.15, -0.1) is 0 Å². The number of allylic oxidation sites excluding steroid dienone is 2. The zero-order chi connectivity index (χ0) is 14.5. The zero-order valence-corrected chi connectivity index (χ0v) is 13.0. The second-order valence-corrected chi connectivity index (χ2v) is 6.11. The lowest BCUT2D eigenvalue weighted by Gasteiger charge is -2.09. The van der Waals surface area contributed by atoms with Gasteiger partial charge in [0.05, 0.1) is 0 Å². The first-order chi connectivity index (χ1) is 9.80. The van der Waals surface area contributed by atoms with Gasteiger partial charge in [-0.3, -0.25) is 4.79 Å². The first kappa shape index (κ1) is 17.4. The van der Waals surface area contributed by atoms with Crippen LogP contribution in [0.1, 0.15) is 89.9 Å². The van der Waals surface area contributed by atoms with Crippen LogP contribution in [0.25, 0.3) is 0 Å². The fourth-order valence-corrected chi connectivity index (χ4v) is 2.79. The van der Waals surface area contributed by atoms with Gasteiger partial charge in [-0.25, -0.2) is 0 Å². The van der Waals surface area contributed by atoms with Gasteiger partial charge in [0.25, 0.3) is 0 Å². The van der Waals surface area contributed by atoms with E-state index < -0.39 is 6.10 Å². The summed E-state index contributed by atoms with van der Waals surface area (Å²) in [6.45, 7) is 0. The molecule has 0 amide bonds. The van der Waals surface area contributed by atoms with Crippen molar-refractivity contribution in [1.82, 2.24) is 0 Å². The van der Waals surface area contributed by atoms with Crippen LogP contribution in [0, 0.1) is 0 Å². The minimum Gasteiger partial charge on any atom is -0.385 e. The molecule has 0 bridgehead atoms. The number of aliphatic hydroxyl groups is 1. The van der Waals surface area contributed by atoms with E-state index in [1.807, 2.05) is 0 Å². The quantitative estimate of drug-likeness (QED) is 0.638. The number of hydrogen-bond acceptors (Lipinski definition) is 2. The van der Waals surface area contributed by atoms with Gasteiger partial charge in [0.2, 0.25) is 0 Å².